The number of hydrogen-bond acceptors (Lipinski definition) is 4. The molecule has 0 unspecified atom stereocenters. The quantitative estimate of drug-likeness (QED) is 0.546. The lowest BCUT2D eigenvalue weighted by molar-refractivity contribution is -0.137. The molecule has 0 amide bonds. The molecule has 0 heterocycles. The summed E-state index contributed by atoms with van der Waals surface area (Å²) in [4.78, 5) is -0.161. The van der Waals surface area contributed by atoms with Crippen LogP contribution >= 0.6 is 11.6 Å². The first-order valence-electron chi connectivity index (χ1n) is 6.74. The number of rotatable bonds is 5. The molecule has 25 heavy (non-hydrogen) atoms. The van der Waals surface area contributed by atoms with E-state index < -0.39 is 21.9 Å². The number of hydrogen-bond donors (Lipinski definition) is 0. The van der Waals surface area contributed by atoms with E-state index in [-0.39, 0.29) is 16.2 Å². The van der Waals surface area contributed by atoms with Crippen LogP contribution in [-0.4, -0.2) is 15.5 Å². The van der Waals surface area contributed by atoms with E-state index in [4.69, 9.17) is 20.5 Å². The van der Waals surface area contributed by atoms with E-state index in [0.717, 1.165) is 30.5 Å². The third kappa shape index (κ3) is 4.90. The molecule has 0 aliphatic heterocycles. The van der Waals surface area contributed by atoms with Crippen molar-refractivity contribution in [2.75, 3.05) is 7.11 Å². The molecular weight excluding hydrogens is 381 g/mol. The van der Waals surface area contributed by atoms with Crippen molar-refractivity contribution in [1.29, 1.82) is 0 Å². The number of benzene rings is 2. The van der Waals surface area contributed by atoms with E-state index >= 15 is 0 Å². The van der Waals surface area contributed by atoms with Crippen LogP contribution < -0.4 is 0 Å². The van der Waals surface area contributed by atoms with Crippen molar-refractivity contribution in [3.63, 3.8) is 0 Å². The predicted molar refractivity (Wildman–Crippen MR) is 86.2 cm³/mol. The van der Waals surface area contributed by atoms with Gasteiger partial charge in [0.1, 0.15) is 11.2 Å². The minimum absolute atomic E-state index is 0.104. The Balaban J connectivity index is 2.33. The van der Waals surface area contributed by atoms with Crippen molar-refractivity contribution in [1.82, 2.24) is 0 Å². The molecule has 0 aliphatic carbocycles. The lowest BCUT2D eigenvalue weighted by Crippen LogP contribution is -2.07. The highest BCUT2D eigenvalue weighted by atomic mass is 35.5. The van der Waals surface area contributed by atoms with Gasteiger partial charge in [0, 0.05) is 10.6 Å². The second-order valence-electron chi connectivity index (χ2n) is 4.78. The summed E-state index contributed by atoms with van der Waals surface area (Å²) in [6.45, 7) is 0. The van der Waals surface area contributed by atoms with Crippen LogP contribution in [0.2, 0.25) is 5.02 Å². The molecule has 9 heteroatoms. The first-order valence-corrected chi connectivity index (χ1v) is 8.53. The Kier molecular flexibility index (Phi) is 5.64. The minimum atomic E-state index is -4.50. The predicted octanol–water partition coefficient (Wildman–Crippen LogP) is 4.71. The summed E-state index contributed by atoms with van der Waals surface area (Å²) in [5.41, 5.74) is -0.763. The van der Waals surface area contributed by atoms with Crippen molar-refractivity contribution in [2.45, 2.75) is 11.1 Å². The lowest BCUT2D eigenvalue weighted by atomic mass is 10.1. The van der Waals surface area contributed by atoms with Crippen molar-refractivity contribution < 1.29 is 30.5 Å². The van der Waals surface area contributed by atoms with Gasteiger partial charge in [0.2, 0.25) is 0 Å². The van der Waals surface area contributed by atoms with Crippen LogP contribution in [0.1, 0.15) is 11.1 Å². The zero-order chi connectivity index (χ0) is 18.7. The fourth-order valence-electron chi connectivity index (χ4n) is 1.83. The molecule has 0 saturated heterocycles. The van der Waals surface area contributed by atoms with Gasteiger partial charge in [-0.25, -0.2) is 0 Å². The SMILES string of the molecule is CO/C=C(/OS(=O)(=O)c1ccc(Cl)cc1)c1ccc(C(F)(F)F)cc1. The first kappa shape index (κ1) is 19.1. The van der Waals surface area contributed by atoms with Crippen LogP contribution in [0, 0.1) is 0 Å². The maximum Gasteiger partial charge on any atom is 0.416 e. The van der Waals surface area contributed by atoms with Gasteiger partial charge < -0.3 is 8.92 Å². The van der Waals surface area contributed by atoms with E-state index in [1.165, 1.54) is 31.4 Å². The molecule has 0 saturated carbocycles. The normalized spacial score (nSPS) is 12.8. The Hall–Kier alpha value is -2.19. The smallest absolute Gasteiger partial charge is 0.416 e. The van der Waals surface area contributed by atoms with Crippen molar-refractivity contribution in [3.8, 4) is 0 Å². The summed E-state index contributed by atoms with van der Waals surface area (Å²) in [5.74, 6) is -0.258. The van der Waals surface area contributed by atoms with Gasteiger partial charge in [-0.05, 0) is 36.4 Å². The highest BCUT2D eigenvalue weighted by Crippen LogP contribution is 2.31. The van der Waals surface area contributed by atoms with E-state index in [1.807, 2.05) is 0 Å². The van der Waals surface area contributed by atoms with Crippen molar-refractivity contribution in [2.24, 2.45) is 0 Å². The molecule has 2 rings (SSSR count). The molecule has 0 fully saturated rings. The average molecular weight is 393 g/mol. The third-order valence-electron chi connectivity index (χ3n) is 3.02. The molecule has 0 bridgehead atoms. The highest BCUT2D eigenvalue weighted by Gasteiger charge is 2.30. The topological polar surface area (TPSA) is 52.6 Å². The number of ether oxygens (including phenoxy) is 1. The Morgan fingerprint density at radius 2 is 1.60 bits per heavy atom. The maximum absolute atomic E-state index is 12.6. The van der Waals surface area contributed by atoms with Gasteiger partial charge >= 0.3 is 16.3 Å². The summed E-state index contributed by atoms with van der Waals surface area (Å²) in [6, 6.07) is 9.04. The molecule has 0 N–H and O–H groups in total. The number of methoxy groups -OCH3 is 1. The molecule has 4 nitrogen and oxygen atoms in total. The van der Waals surface area contributed by atoms with Gasteiger partial charge in [-0.3, -0.25) is 0 Å². The number of halogens is 4. The van der Waals surface area contributed by atoms with E-state index in [2.05, 4.69) is 0 Å². The summed E-state index contributed by atoms with van der Waals surface area (Å²) in [7, 11) is -2.96. The first-order chi connectivity index (χ1) is 11.6. The molecule has 0 aromatic heterocycles. The zero-order valence-corrected chi connectivity index (χ0v) is 14.3. The van der Waals surface area contributed by atoms with Crippen molar-refractivity contribution >= 4 is 27.5 Å². The third-order valence-corrected chi connectivity index (χ3v) is 4.52. The summed E-state index contributed by atoms with van der Waals surface area (Å²) < 4.78 is 72.2. The summed E-state index contributed by atoms with van der Waals surface area (Å²) in [5, 5.41) is 0.342. The fourth-order valence-corrected chi connectivity index (χ4v) is 2.90. The molecule has 2 aromatic rings. The Morgan fingerprint density at radius 1 is 1.04 bits per heavy atom. The van der Waals surface area contributed by atoms with Crippen LogP contribution in [0.15, 0.2) is 59.7 Å². The molecule has 134 valence electrons. The van der Waals surface area contributed by atoms with Crippen LogP contribution in [0.25, 0.3) is 5.76 Å². The van der Waals surface area contributed by atoms with E-state index in [1.54, 1.807) is 0 Å². The van der Waals surface area contributed by atoms with Crippen molar-refractivity contribution in [3.05, 3.63) is 70.9 Å². The van der Waals surface area contributed by atoms with Crippen LogP contribution in [-0.2, 0) is 25.2 Å². The monoisotopic (exact) mass is 392 g/mol. The molecule has 0 spiro atoms. The minimum Gasteiger partial charge on any atom is -0.500 e. The van der Waals surface area contributed by atoms with Gasteiger partial charge in [-0.15, -0.1) is 0 Å². The highest BCUT2D eigenvalue weighted by molar-refractivity contribution is 7.87. The van der Waals surface area contributed by atoms with E-state index in [0.29, 0.717) is 5.02 Å². The summed E-state index contributed by atoms with van der Waals surface area (Å²) >= 11 is 5.71. The Bertz CT molecular complexity index is 858. The average Bonchev–Trinajstić information content (AvgIpc) is 2.54. The lowest BCUT2D eigenvalue weighted by Gasteiger charge is -2.12. The van der Waals surface area contributed by atoms with Gasteiger partial charge in [0.05, 0.1) is 12.7 Å². The second-order valence-corrected chi connectivity index (χ2v) is 6.77. The molecular formula is C16H12ClF3O4S. The molecule has 0 radical (unpaired) electrons. The fraction of sp³-hybridized carbons (Fsp3) is 0.125. The maximum atomic E-state index is 12.6. The molecule has 0 aliphatic rings. The van der Waals surface area contributed by atoms with Gasteiger partial charge in [0.15, 0.2) is 5.76 Å². The second kappa shape index (κ2) is 7.37. The summed E-state index contributed by atoms with van der Waals surface area (Å²) in [6.07, 6.45) is -3.52. The molecule has 2 aromatic carbocycles. The Labute approximate surface area is 147 Å². The van der Waals surface area contributed by atoms with Crippen LogP contribution in [0.3, 0.4) is 0 Å². The largest absolute Gasteiger partial charge is 0.500 e. The molecule has 0 atom stereocenters. The Morgan fingerprint density at radius 3 is 2.08 bits per heavy atom. The zero-order valence-electron chi connectivity index (χ0n) is 12.7. The van der Waals surface area contributed by atoms with Crippen LogP contribution in [0.4, 0.5) is 13.2 Å². The van der Waals surface area contributed by atoms with E-state index in [9.17, 15) is 21.6 Å². The standard InChI is InChI=1S/C16H12ClF3O4S/c1-23-10-15(11-2-4-12(5-3-11)16(18,19)20)24-25(21,22)14-8-6-13(17)7-9-14/h2-10H,1H3/b15-10+. The van der Waals surface area contributed by atoms with Gasteiger partial charge in [-0.2, -0.15) is 21.6 Å². The number of alkyl halides is 3. The van der Waals surface area contributed by atoms with Crippen LogP contribution in [0.5, 0.6) is 0 Å². The van der Waals surface area contributed by atoms with Gasteiger partial charge in [-0.1, -0.05) is 23.7 Å². The van der Waals surface area contributed by atoms with Gasteiger partial charge in [0.25, 0.3) is 0 Å².